The summed E-state index contributed by atoms with van der Waals surface area (Å²) in [6.45, 7) is 4.85. The standard InChI is InChI=1S/C23H23NO6/c1-5-28-23(25)24-7-6-13-8-17-22(30-11-29-17)20-18(13)21(24)12(2)15-9-14(26-3)10-16(27-4)19(15)20/h8-10H,5-7,11H2,1-4H3. The van der Waals surface area contributed by atoms with Gasteiger partial charge in [-0.05, 0) is 48.9 Å². The van der Waals surface area contributed by atoms with Gasteiger partial charge in [0.15, 0.2) is 11.5 Å². The van der Waals surface area contributed by atoms with Gasteiger partial charge in [-0.1, -0.05) is 0 Å². The Labute approximate surface area is 174 Å². The van der Waals surface area contributed by atoms with Crippen LogP contribution in [0.4, 0.5) is 10.5 Å². The van der Waals surface area contributed by atoms with Gasteiger partial charge >= 0.3 is 6.09 Å². The van der Waals surface area contributed by atoms with Crippen molar-refractivity contribution in [2.45, 2.75) is 20.3 Å². The van der Waals surface area contributed by atoms with Gasteiger partial charge in [-0.2, -0.15) is 0 Å². The molecule has 0 unspecified atom stereocenters. The van der Waals surface area contributed by atoms with E-state index in [0.29, 0.717) is 36.8 Å². The summed E-state index contributed by atoms with van der Waals surface area (Å²) in [4.78, 5) is 14.5. The molecule has 2 aliphatic rings. The van der Waals surface area contributed by atoms with E-state index in [4.69, 9.17) is 23.7 Å². The summed E-state index contributed by atoms with van der Waals surface area (Å²) in [7, 11) is 3.26. The topological polar surface area (TPSA) is 66.5 Å². The molecule has 7 nitrogen and oxygen atoms in total. The highest BCUT2D eigenvalue weighted by molar-refractivity contribution is 6.23. The summed E-state index contributed by atoms with van der Waals surface area (Å²) >= 11 is 0. The van der Waals surface area contributed by atoms with Crippen LogP contribution >= 0.6 is 0 Å². The Hall–Kier alpha value is -3.35. The van der Waals surface area contributed by atoms with Crippen LogP contribution in [-0.4, -0.2) is 40.3 Å². The Morgan fingerprint density at radius 2 is 1.93 bits per heavy atom. The van der Waals surface area contributed by atoms with Crippen LogP contribution in [0.2, 0.25) is 0 Å². The van der Waals surface area contributed by atoms with Crippen LogP contribution in [0, 0.1) is 6.92 Å². The molecule has 2 heterocycles. The van der Waals surface area contributed by atoms with Crippen LogP contribution in [0.15, 0.2) is 18.2 Å². The number of fused-ring (bicyclic) bond motifs is 4. The first-order valence-electron chi connectivity index (χ1n) is 9.96. The van der Waals surface area contributed by atoms with Crippen LogP contribution in [0.25, 0.3) is 21.5 Å². The van der Waals surface area contributed by atoms with Crippen molar-refractivity contribution in [3.8, 4) is 23.0 Å². The van der Waals surface area contributed by atoms with E-state index in [1.54, 1.807) is 19.1 Å². The van der Waals surface area contributed by atoms with Gasteiger partial charge < -0.3 is 23.7 Å². The van der Waals surface area contributed by atoms with Crippen molar-refractivity contribution >= 4 is 33.3 Å². The average Bonchev–Trinajstić information content (AvgIpc) is 3.23. The van der Waals surface area contributed by atoms with Gasteiger partial charge in [-0.3, -0.25) is 4.90 Å². The second-order valence-electron chi connectivity index (χ2n) is 7.35. The van der Waals surface area contributed by atoms with Crippen molar-refractivity contribution in [2.75, 3.05) is 39.1 Å². The van der Waals surface area contributed by atoms with Crippen molar-refractivity contribution in [3.05, 3.63) is 29.3 Å². The predicted octanol–water partition coefficient (Wildman–Crippen LogP) is 4.57. The van der Waals surface area contributed by atoms with Gasteiger partial charge in [-0.25, -0.2) is 4.79 Å². The second kappa shape index (κ2) is 6.86. The first-order chi connectivity index (χ1) is 14.6. The van der Waals surface area contributed by atoms with E-state index in [-0.39, 0.29) is 12.9 Å². The number of anilines is 1. The van der Waals surface area contributed by atoms with Gasteiger partial charge in [-0.15, -0.1) is 0 Å². The molecule has 1 amide bonds. The molecule has 7 heteroatoms. The summed E-state index contributed by atoms with van der Waals surface area (Å²) in [5, 5.41) is 3.72. The number of ether oxygens (including phenoxy) is 5. The minimum absolute atomic E-state index is 0.165. The lowest BCUT2D eigenvalue weighted by Crippen LogP contribution is -2.36. The first kappa shape index (κ1) is 18.7. The predicted molar refractivity (Wildman–Crippen MR) is 113 cm³/mol. The Bertz CT molecular complexity index is 1200. The first-order valence-corrected chi connectivity index (χ1v) is 9.96. The number of rotatable bonds is 3. The third kappa shape index (κ3) is 2.47. The number of benzene rings is 3. The summed E-state index contributed by atoms with van der Waals surface area (Å²) in [5.41, 5.74) is 2.92. The molecule has 0 N–H and O–H groups in total. The number of amides is 1. The monoisotopic (exact) mass is 409 g/mol. The largest absolute Gasteiger partial charge is 0.497 e. The lowest BCUT2D eigenvalue weighted by atomic mass is 9.87. The maximum Gasteiger partial charge on any atom is 0.414 e. The molecule has 0 atom stereocenters. The minimum Gasteiger partial charge on any atom is -0.497 e. The zero-order chi connectivity index (χ0) is 21.0. The third-order valence-corrected chi connectivity index (χ3v) is 5.89. The van der Waals surface area contributed by atoms with E-state index in [0.717, 1.165) is 44.1 Å². The smallest absolute Gasteiger partial charge is 0.414 e. The summed E-state index contributed by atoms with van der Waals surface area (Å²) < 4.78 is 28.2. The third-order valence-electron chi connectivity index (χ3n) is 5.89. The minimum atomic E-state index is -0.348. The van der Waals surface area contributed by atoms with Crippen molar-refractivity contribution in [2.24, 2.45) is 0 Å². The highest BCUT2D eigenvalue weighted by Crippen LogP contribution is 2.53. The normalized spacial score (nSPS) is 14.3. The van der Waals surface area contributed by atoms with Crippen molar-refractivity contribution < 1.29 is 28.5 Å². The molecule has 0 radical (unpaired) electrons. The van der Waals surface area contributed by atoms with E-state index in [1.807, 2.05) is 32.0 Å². The van der Waals surface area contributed by atoms with Gasteiger partial charge in [0.25, 0.3) is 0 Å². The molecule has 0 saturated heterocycles. The fraction of sp³-hybridized carbons (Fsp3) is 0.348. The maximum absolute atomic E-state index is 12.8. The Kier molecular flexibility index (Phi) is 4.27. The van der Waals surface area contributed by atoms with Crippen molar-refractivity contribution in [1.82, 2.24) is 0 Å². The van der Waals surface area contributed by atoms with Crippen LogP contribution in [0.3, 0.4) is 0 Å². The molecule has 5 rings (SSSR count). The molecule has 0 aliphatic carbocycles. The van der Waals surface area contributed by atoms with Crippen LogP contribution in [0.1, 0.15) is 18.1 Å². The SMILES string of the molecule is CCOC(=O)N1CCc2cc3c(c4c2c1c(C)c1cc(OC)cc(OC)c14)OCO3. The number of nitrogens with zero attached hydrogens (tertiary/aromatic N) is 1. The Morgan fingerprint density at radius 1 is 1.10 bits per heavy atom. The van der Waals surface area contributed by atoms with Gasteiger partial charge in [0.2, 0.25) is 6.79 Å². The Balaban J connectivity index is 1.99. The number of hydrogen-bond donors (Lipinski definition) is 0. The molecule has 30 heavy (non-hydrogen) atoms. The molecule has 0 spiro atoms. The number of methoxy groups -OCH3 is 2. The Morgan fingerprint density at radius 3 is 2.67 bits per heavy atom. The second-order valence-corrected chi connectivity index (χ2v) is 7.35. The fourth-order valence-electron chi connectivity index (χ4n) is 4.60. The lowest BCUT2D eigenvalue weighted by Gasteiger charge is -2.32. The highest BCUT2D eigenvalue weighted by atomic mass is 16.7. The van der Waals surface area contributed by atoms with Gasteiger partial charge in [0, 0.05) is 28.8 Å². The van der Waals surface area contributed by atoms with Gasteiger partial charge in [0.1, 0.15) is 11.5 Å². The number of hydrogen-bond acceptors (Lipinski definition) is 6. The zero-order valence-electron chi connectivity index (χ0n) is 17.5. The summed E-state index contributed by atoms with van der Waals surface area (Å²) in [5.74, 6) is 2.75. The van der Waals surface area contributed by atoms with E-state index in [2.05, 4.69) is 0 Å². The van der Waals surface area contributed by atoms with Crippen molar-refractivity contribution in [1.29, 1.82) is 0 Å². The molecule has 3 aromatic carbocycles. The van der Waals surface area contributed by atoms with Crippen molar-refractivity contribution in [3.63, 3.8) is 0 Å². The summed E-state index contributed by atoms with van der Waals surface area (Å²) in [6, 6.07) is 5.86. The quantitative estimate of drug-likeness (QED) is 0.591. The molecule has 2 aliphatic heterocycles. The van der Waals surface area contributed by atoms with E-state index in [9.17, 15) is 4.79 Å². The molecular formula is C23H23NO6. The molecular weight excluding hydrogens is 386 g/mol. The molecule has 0 aromatic heterocycles. The maximum atomic E-state index is 12.8. The molecule has 156 valence electrons. The van der Waals surface area contributed by atoms with E-state index < -0.39 is 0 Å². The van der Waals surface area contributed by atoms with Crippen LogP contribution in [0.5, 0.6) is 23.0 Å². The van der Waals surface area contributed by atoms with E-state index in [1.165, 1.54) is 0 Å². The molecule has 0 bridgehead atoms. The lowest BCUT2D eigenvalue weighted by molar-refractivity contribution is 0.159. The highest BCUT2D eigenvalue weighted by Gasteiger charge is 2.33. The van der Waals surface area contributed by atoms with E-state index >= 15 is 0 Å². The number of carbonyl (C=O) groups is 1. The van der Waals surface area contributed by atoms with Crippen LogP contribution in [-0.2, 0) is 11.2 Å². The molecule has 3 aromatic rings. The zero-order valence-corrected chi connectivity index (χ0v) is 17.5. The van der Waals surface area contributed by atoms with Gasteiger partial charge in [0.05, 0.1) is 26.5 Å². The fourth-order valence-corrected chi connectivity index (χ4v) is 4.60. The molecule has 0 fully saturated rings. The average molecular weight is 409 g/mol. The number of carbonyl (C=O) groups excluding carboxylic acids is 1. The van der Waals surface area contributed by atoms with Crippen LogP contribution < -0.4 is 23.8 Å². The number of aryl methyl sites for hydroxylation is 1. The molecule has 0 saturated carbocycles. The summed E-state index contributed by atoms with van der Waals surface area (Å²) in [6.07, 6.45) is 0.349.